The monoisotopic (exact) mass is 417 g/mol. The number of rotatable bonds is 6. The lowest BCUT2D eigenvalue weighted by molar-refractivity contribution is -0.136. The standard InChI is InChI=1S/C25H27N3O3/c1-18-14-20(27(2)26-18)15-28(16-21-17-30-22-10-6-7-11-23(22)31-21)24(29)25(12-13-25)19-8-4-3-5-9-19/h3-11,14,21H,12-13,15-17H2,1-2H3. The van der Waals surface area contributed by atoms with Gasteiger partial charge >= 0.3 is 0 Å². The molecule has 0 spiro atoms. The number of fused-ring (bicyclic) bond motifs is 1. The molecule has 1 fully saturated rings. The second-order valence-electron chi connectivity index (χ2n) is 8.53. The van der Waals surface area contributed by atoms with Gasteiger partial charge in [-0.1, -0.05) is 42.5 Å². The molecule has 6 heteroatoms. The van der Waals surface area contributed by atoms with Crippen molar-refractivity contribution in [1.29, 1.82) is 0 Å². The van der Waals surface area contributed by atoms with Gasteiger partial charge in [-0.05, 0) is 43.5 Å². The highest BCUT2D eigenvalue weighted by molar-refractivity contribution is 5.91. The Labute approximate surface area is 182 Å². The maximum atomic E-state index is 13.9. The number of ether oxygens (including phenoxy) is 2. The summed E-state index contributed by atoms with van der Waals surface area (Å²) in [7, 11) is 1.92. The van der Waals surface area contributed by atoms with Crippen molar-refractivity contribution >= 4 is 5.91 Å². The fourth-order valence-corrected chi connectivity index (χ4v) is 4.44. The Morgan fingerprint density at radius 2 is 1.84 bits per heavy atom. The molecule has 0 radical (unpaired) electrons. The Balaban J connectivity index is 1.41. The third-order valence-electron chi connectivity index (χ3n) is 6.22. The van der Waals surface area contributed by atoms with Gasteiger partial charge in [0.25, 0.3) is 0 Å². The first-order chi connectivity index (χ1) is 15.0. The second kappa shape index (κ2) is 7.76. The first kappa shape index (κ1) is 19.7. The molecule has 1 amide bonds. The molecule has 3 aromatic rings. The third-order valence-corrected chi connectivity index (χ3v) is 6.22. The predicted molar refractivity (Wildman–Crippen MR) is 117 cm³/mol. The average molecular weight is 418 g/mol. The summed E-state index contributed by atoms with van der Waals surface area (Å²) in [5.74, 6) is 1.63. The Kier molecular flexibility index (Phi) is 4.93. The van der Waals surface area contributed by atoms with Crippen LogP contribution in [0.3, 0.4) is 0 Å². The molecule has 1 atom stereocenters. The maximum absolute atomic E-state index is 13.9. The SMILES string of the molecule is Cc1cc(CN(CC2COc3ccccc3O2)C(=O)C2(c3ccccc3)CC2)n(C)n1. The molecule has 160 valence electrons. The Morgan fingerprint density at radius 3 is 2.52 bits per heavy atom. The van der Waals surface area contributed by atoms with E-state index in [4.69, 9.17) is 9.47 Å². The number of para-hydroxylation sites is 2. The minimum absolute atomic E-state index is 0.153. The lowest BCUT2D eigenvalue weighted by Gasteiger charge is -2.33. The van der Waals surface area contributed by atoms with E-state index in [0.29, 0.717) is 19.7 Å². The van der Waals surface area contributed by atoms with Crippen molar-refractivity contribution in [2.75, 3.05) is 13.2 Å². The molecule has 6 nitrogen and oxygen atoms in total. The molecule has 1 unspecified atom stereocenters. The maximum Gasteiger partial charge on any atom is 0.233 e. The highest BCUT2D eigenvalue weighted by Crippen LogP contribution is 2.49. The number of carbonyl (C=O) groups is 1. The molecule has 5 rings (SSSR count). The van der Waals surface area contributed by atoms with Crippen LogP contribution in [0.15, 0.2) is 60.7 Å². The number of benzene rings is 2. The van der Waals surface area contributed by atoms with E-state index in [0.717, 1.165) is 41.3 Å². The quantitative estimate of drug-likeness (QED) is 0.615. The fraction of sp³-hybridized carbons (Fsp3) is 0.360. The van der Waals surface area contributed by atoms with Gasteiger partial charge in [-0.15, -0.1) is 0 Å². The van der Waals surface area contributed by atoms with Crippen LogP contribution in [0.1, 0.15) is 29.8 Å². The van der Waals surface area contributed by atoms with E-state index in [2.05, 4.69) is 17.2 Å². The molecule has 1 aliphatic heterocycles. The van der Waals surface area contributed by atoms with Crippen molar-refractivity contribution < 1.29 is 14.3 Å². The van der Waals surface area contributed by atoms with E-state index in [9.17, 15) is 4.79 Å². The summed E-state index contributed by atoms with van der Waals surface area (Å²) in [6, 6.07) is 19.8. The molecule has 0 N–H and O–H groups in total. The Hall–Kier alpha value is -3.28. The van der Waals surface area contributed by atoms with Gasteiger partial charge in [0.15, 0.2) is 17.6 Å². The van der Waals surface area contributed by atoms with Gasteiger partial charge in [0, 0.05) is 7.05 Å². The zero-order chi connectivity index (χ0) is 21.4. The number of hydrogen-bond donors (Lipinski definition) is 0. The van der Waals surface area contributed by atoms with Crippen LogP contribution in [0, 0.1) is 6.92 Å². The molecule has 2 aliphatic rings. The summed E-state index contributed by atoms with van der Waals surface area (Å²) in [6.07, 6.45) is 1.53. The first-order valence-electron chi connectivity index (χ1n) is 10.8. The van der Waals surface area contributed by atoms with E-state index in [1.54, 1.807) is 0 Å². The highest BCUT2D eigenvalue weighted by atomic mass is 16.6. The van der Waals surface area contributed by atoms with E-state index in [1.165, 1.54) is 0 Å². The van der Waals surface area contributed by atoms with Crippen LogP contribution in [0.4, 0.5) is 0 Å². The van der Waals surface area contributed by atoms with Crippen molar-refractivity contribution in [3.8, 4) is 11.5 Å². The van der Waals surface area contributed by atoms with Crippen molar-refractivity contribution in [3.63, 3.8) is 0 Å². The second-order valence-corrected chi connectivity index (χ2v) is 8.53. The number of aromatic nitrogens is 2. The van der Waals surface area contributed by atoms with E-state index in [-0.39, 0.29) is 12.0 Å². The third kappa shape index (κ3) is 3.78. The van der Waals surface area contributed by atoms with E-state index >= 15 is 0 Å². The number of carbonyl (C=O) groups excluding carboxylic acids is 1. The van der Waals surface area contributed by atoms with Crippen LogP contribution in [-0.4, -0.2) is 39.8 Å². The molecule has 1 saturated carbocycles. The average Bonchev–Trinajstić information content (AvgIpc) is 3.54. The minimum Gasteiger partial charge on any atom is -0.486 e. The predicted octanol–water partition coefficient (Wildman–Crippen LogP) is 3.63. The molecule has 2 aromatic carbocycles. The van der Waals surface area contributed by atoms with Crippen LogP contribution in [0.2, 0.25) is 0 Å². The van der Waals surface area contributed by atoms with E-state index in [1.807, 2.05) is 72.1 Å². The summed E-state index contributed by atoms with van der Waals surface area (Å²) < 4.78 is 13.9. The minimum atomic E-state index is -0.428. The zero-order valence-corrected chi connectivity index (χ0v) is 18.0. The normalized spacial score (nSPS) is 18.5. The molecule has 1 aromatic heterocycles. The van der Waals surface area contributed by atoms with Gasteiger partial charge in [-0.3, -0.25) is 9.48 Å². The summed E-state index contributed by atoms with van der Waals surface area (Å²) in [6.45, 7) is 3.35. The van der Waals surface area contributed by atoms with Gasteiger partial charge in [0.2, 0.25) is 5.91 Å². The van der Waals surface area contributed by atoms with Crippen LogP contribution < -0.4 is 9.47 Å². The number of aryl methyl sites for hydroxylation is 2. The number of nitrogens with zero attached hydrogens (tertiary/aromatic N) is 3. The fourth-order valence-electron chi connectivity index (χ4n) is 4.44. The summed E-state index contributed by atoms with van der Waals surface area (Å²) in [4.78, 5) is 15.8. The number of amides is 1. The van der Waals surface area contributed by atoms with Crippen LogP contribution in [0.5, 0.6) is 11.5 Å². The van der Waals surface area contributed by atoms with Crippen molar-refractivity contribution in [2.45, 2.75) is 37.8 Å². The molecule has 0 bridgehead atoms. The van der Waals surface area contributed by atoms with Crippen LogP contribution in [-0.2, 0) is 23.8 Å². The number of hydrogen-bond acceptors (Lipinski definition) is 4. The van der Waals surface area contributed by atoms with E-state index < -0.39 is 5.41 Å². The van der Waals surface area contributed by atoms with Crippen molar-refractivity contribution in [3.05, 3.63) is 77.6 Å². The lowest BCUT2D eigenvalue weighted by Crippen LogP contribution is -2.47. The highest BCUT2D eigenvalue weighted by Gasteiger charge is 2.53. The van der Waals surface area contributed by atoms with Crippen molar-refractivity contribution in [1.82, 2.24) is 14.7 Å². The van der Waals surface area contributed by atoms with Gasteiger partial charge in [-0.2, -0.15) is 5.10 Å². The zero-order valence-electron chi connectivity index (χ0n) is 18.0. The summed E-state index contributed by atoms with van der Waals surface area (Å²) in [5, 5.41) is 4.46. The first-order valence-corrected chi connectivity index (χ1v) is 10.8. The van der Waals surface area contributed by atoms with Gasteiger partial charge in [0.1, 0.15) is 6.61 Å². The van der Waals surface area contributed by atoms with Crippen LogP contribution >= 0.6 is 0 Å². The Bertz CT molecular complexity index is 1090. The molecule has 0 saturated heterocycles. The smallest absolute Gasteiger partial charge is 0.233 e. The summed E-state index contributed by atoms with van der Waals surface area (Å²) >= 11 is 0. The van der Waals surface area contributed by atoms with Crippen LogP contribution in [0.25, 0.3) is 0 Å². The molecular weight excluding hydrogens is 390 g/mol. The molecular formula is C25H27N3O3. The van der Waals surface area contributed by atoms with Crippen molar-refractivity contribution in [2.24, 2.45) is 7.05 Å². The van der Waals surface area contributed by atoms with Gasteiger partial charge in [-0.25, -0.2) is 0 Å². The molecule has 31 heavy (non-hydrogen) atoms. The topological polar surface area (TPSA) is 56.6 Å². The Morgan fingerprint density at radius 1 is 1.13 bits per heavy atom. The lowest BCUT2D eigenvalue weighted by atomic mass is 9.94. The molecule has 2 heterocycles. The molecule has 1 aliphatic carbocycles. The summed E-state index contributed by atoms with van der Waals surface area (Å²) in [5.41, 5.74) is 2.62. The largest absolute Gasteiger partial charge is 0.486 e. The van der Waals surface area contributed by atoms with Gasteiger partial charge < -0.3 is 14.4 Å². The van der Waals surface area contributed by atoms with Gasteiger partial charge in [0.05, 0.1) is 29.9 Å².